The molecule has 0 unspecified atom stereocenters. The molecule has 0 spiro atoms. The summed E-state index contributed by atoms with van der Waals surface area (Å²) in [7, 11) is -7.12. The zero-order valence-corrected chi connectivity index (χ0v) is 19.1. The molecule has 1 atom stereocenters. The van der Waals surface area contributed by atoms with Gasteiger partial charge in [0.25, 0.3) is 5.91 Å². The van der Waals surface area contributed by atoms with Crippen LogP contribution in [-0.2, 0) is 26.2 Å². The molecule has 2 heterocycles. The first-order valence-corrected chi connectivity index (χ1v) is 13.4. The third-order valence-electron chi connectivity index (χ3n) is 4.85. The fraction of sp³-hybridized carbons (Fsp3) is 0.421. The molecule has 2 aromatic rings. The van der Waals surface area contributed by atoms with E-state index in [-0.39, 0.29) is 40.9 Å². The van der Waals surface area contributed by atoms with Crippen LogP contribution in [-0.4, -0.2) is 60.9 Å². The summed E-state index contributed by atoms with van der Waals surface area (Å²) in [5.74, 6) is -1.66. The van der Waals surface area contributed by atoms with Gasteiger partial charge in [0.2, 0.25) is 15.0 Å². The lowest BCUT2D eigenvalue weighted by atomic mass is 10.1. The van der Waals surface area contributed by atoms with Gasteiger partial charge in [0.1, 0.15) is 5.82 Å². The van der Waals surface area contributed by atoms with Gasteiger partial charge in [-0.15, -0.1) is 0 Å². The molecule has 1 aromatic heterocycles. The van der Waals surface area contributed by atoms with Gasteiger partial charge >= 0.3 is 0 Å². The van der Waals surface area contributed by atoms with Crippen LogP contribution in [0.25, 0.3) is 0 Å². The van der Waals surface area contributed by atoms with Crippen molar-refractivity contribution in [2.75, 3.05) is 17.3 Å². The maximum Gasteiger partial charge on any atom is 0.274 e. The van der Waals surface area contributed by atoms with Crippen molar-refractivity contribution in [3.63, 3.8) is 0 Å². The first kappa shape index (κ1) is 23.6. The molecular weight excluding hydrogens is 469 g/mol. The highest BCUT2D eigenvalue weighted by atomic mass is 35.5. The summed E-state index contributed by atoms with van der Waals surface area (Å²) in [6.07, 6.45) is 1.61. The van der Waals surface area contributed by atoms with Crippen LogP contribution in [0.2, 0.25) is 5.02 Å². The Morgan fingerprint density at radius 1 is 1.29 bits per heavy atom. The van der Waals surface area contributed by atoms with Crippen molar-refractivity contribution in [3.05, 3.63) is 52.6 Å². The van der Waals surface area contributed by atoms with E-state index in [2.05, 4.69) is 9.97 Å². The second kappa shape index (κ2) is 9.17. The Bertz CT molecular complexity index is 1190. The minimum absolute atomic E-state index is 0.0172. The van der Waals surface area contributed by atoms with Gasteiger partial charge in [0.15, 0.2) is 15.5 Å². The minimum Gasteiger partial charge on any atom is -0.329 e. The highest BCUT2D eigenvalue weighted by Crippen LogP contribution is 2.25. The maximum atomic E-state index is 13.4. The monoisotopic (exact) mass is 489 g/mol. The minimum atomic E-state index is -3.80. The van der Waals surface area contributed by atoms with E-state index in [0.717, 1.165) is 6.20 Å². The lowest BCUT2D eigenvalue weighted by Gasteiger charge is -2.28. The first-order chi connectivity index (χ1) is 14.5. The van der Waals surface area contributed by atoms with E-state index in [9.17, 15) is 26.0 Å². The summed E-state index contributed by atoms with van der Waals surface area (Å²) in [6.45, 7) is 1.67. The summed E-state index contributed by atoms with van der Waals surface area (Å²) in [4.78, 5) is 22.3. The van der Waals surface area contributed by atoms with Crippen LogP contribution >= 0.6 is 11.6 Å². The number of nitrogens with zero attached hydrogens (tertiary/aromatic N) is 3. The number of halogens is 2. The normalized spacial score (nSPS) is 18.1. The van der Waals surface area contributed by atoms with Gasteiger partial charge < -0.3 is 4.90 Å². The van der Waals surface area contributed by atoms with Crippen LogP contribution in [0.3, 0.4) is 0 Å². The van der Waals surface area contributed by atoms with E-state index in [1.165, 1.54) is 29.2 Å². The summed E-state index contributed by atoms with van der Waals surface area (Å²) in [5.41, 5.74) is 0.251. The molecule has 0 aliphatic carbocycles. The molecule has 1 aliphatic rings. The Hall–Kier alpha value is -2.11. The molecule has 3 rings (SSSR count). The van der Waals surface area contributed by atoms with Crippen molar-refractivity contribution in [1.29, 1.82) is 0 Å². The number of amides is 1. The van der Waals surface area contributed by atoms with Gasteiger partial charge in [-0.05, 0) is 30.5 Å². The average molecular weight is 490 g/mol. The van der Waals surface area contributed by atoms with Crippen molar-refractivity contribution in [1.82, 2.24) is 14.9 Å². The lowest BCUT2D eigenvalue weighted by molar-refractivity contribution is 0.0674. The van der Waals surface area contributed by atoms with Crippen LogP contribution in [0, 0.1) is 5.82 Å². The molecule has 0 saturated carbocycles. The molecule has 1 aromatic carbocycles. The molecule has 12 heteroatoms. The van der Waals surface area contributed by atoms with E-state index in [4.69, 9.17) is 11.6 Å². The molecule has 0 bridgehead atoms. The number of hydrogen-bond acceptors (Lipinski definition) is 7. The Balaban J connectivity index is 2.00. The predicted octanol–water partition coefficient (Wildman–Crippen LogP) is 2.28. The molecule has 0 radical (unpaired) electrons. The molecule has 1 fully saturated rings. The Kier molecular flexibility index (Phi) is 6.97. The third kappa shape index (κ3) is 5.58. The van der Waals surface area contributed by atoms with E-state index in [1.807, 2.05) is 0 Å². The van der Waals surface area contributed by atoms with Gasteiger partial charge in [0, 0.05) is 12.6 Å². The van der Waals surface area contributed by atoms with E-state index < -0.39 is 42.6 Å². The fourth-order valence-corrected chi connectivity index (χ4v) is 6.39. The van der Waals surface area contributed by atoms with Crippen LogP contribution in [0.1, 0.15) is 35.8 Å². The average Bonchev–Trinajstić information content (AvgIpc) is 3.06. The van der Waals surface area contributed by atoms with Gasteiger partial charge in [-0.2, -0.15) is 0 Å². The number of aromatic nitrogens is 2. The second-order valence-electron chi connectivity index (χ2n) is 7.28. The highest BCUT2D eigenvalue weighted by molar-refractivity contribution is 7.91. The van der Waals surface area contributed by atoms with Crippen molar-refractivity contribution in [3.8, 4) is 0 Å². The Labute approximate surface area is 185 Å². The van der Waals surface area contributed by atoms with Gasteiger partial charge in [-0.25, -0.2) is 31.2 Å². The molecule has 1 aliphatic heterocycles. The van der Waals surface area contributed by atoms with Crippen LogP contribution < -0.4 is 0 Å². The van der Waals surface area contributed by atoms with Gasteiger partial charge in [-0.3, -0.25) is 4.79 Å². The van der Waals surface area contributed by atoms with Crippen molar-refractivity contribution in [2.45, 2.75) is 37.5 Å². The molecule has 31 heavy (non-hydrogen) atoms. The number of carbonyl (C=O) groups excluding carboxylic acids is 1. The molecule has 168 valence electrons. The summed E-state index contributed by atoms with van der Waals surface area (Å²) >= 11 is 6.11. The summed E-state index contributed by atoms with van der Waals surface area (Å²) < 4.78 is 62.0. The number of sulfone groups is 2. The smallest absolute Gasteiger partial charge is 0.274 e. The van der Waals surface area contributed by atoms with E-state index in [0.29, 0.717) is 12.0 Å². The number of rotatable bonds is 7. The van der Waals surface area contributed by atoms with Gasteiger partial charge in [-0.1, -0.05) is 30.7 Å². The lowest BCUT2D eigenvalue weighted by Crippen LogP contribution is -2.41. The molecule has 8 nitrogen and oxygen atoms in total. The van der Waals surface area contributed by atoms with Crippen molar-refractivity contribution < 1.29 is 26.0 Å². The zero-order valence-electron chi connectivity index (χ0n) is 16.7. The fourth-order valence-electron chi connectivity index (χ4n) is 3.32. The first-order valence-electron chi connectivity index (χ1n) is 9.53. The van der Waals surface area contributed by atoms with Crippen LogP contribution in [0.5, 0.6) is 0 Å². The van der Waals surface area contributed by atoms with Crippen LogP contribution in [0.4, 0.5) is 4.39 Å². The van der Waals surface area contributed by atoms with E-state index >= 15 is 0 Å². The SMILES string of the molecule is CCCS(=O)(=O)c1ncc(Cl)c(C(=O)N(Cc2ccc(F)cc2)[C@@H]2CCS(=O)(=O)C2)n1. The van der Waals surface area contributed by atoms with E-state index in [1.54, 1.807) is 6.92 Å². The highest BCUT2D eigenvalue weighted by Gasteiger charge is 2.36. The standard InChI is InChI=1S/C19H21ClFN3O5S2/c1-2-8-31(28,29)19-22-10-16(20)17(23-19)18(25)24(15-7-9-30(26,27)12-15)11-13-3-5-14(21)6-4-13/h3-6,10,15H,2,7-9,11-12H2,1H3/t15-/m1/s1. The van der Waals surface area contributed by atoms with Crippen molar-refractivity contribution >= 4 is 37.2 Å². The molecular formula is C19H21ClFN3O5S2. The summed E-state index contributed by atoms with van der Waals surface area (Å²) in [5, 5.41) is -0.659. The third-order valence-corrected chi connectivity index (χ3v) is 8.58. The maximum absolute atomic E-state index is 13.4. The quantitative estimate of drug-likeness (QED) is 0.548. The number of hydrogen-bond donors (Lipinski definition) is 0. The largest absolute Gasteiger partial charge is 0.329 e. The predicted molar refractivity (Wildman–Crippen MR) is 113 cm³/mol. The Morgan fingerprint density at radius 2 is 1.97 bits per heavy atom. The molecule has 0 N–H and O–H groups in total. The van der Waals surface area contributed by atoms with Crippen LogP contribution in [0.15, 0.2) is 35.6 Å². The number of benzene rings is 1. The topological polar surface area (TPSA) is 114 Å². The summed E-state index contributed by atoms with van der Waals surface area (Å²) in [6, 6.07) is 4.78. The molecule has 1 saturated heterocycles. The zero-order chi connectivity index (χ0) is 22.8. The second-order valence-corrected chi connectivity index (χ2v) is 11.9. The van der Waals surface area contributed by atoms with Crippen molar-refractivity contribution in [2.24, 2.45) is 0 Å². The number of carbonyl (C=O) groups is 1. The molecule has 1 amide bonds. The Morgan fingerprint density at radius 3 is 2.55 bits per heavy atom. The van der Waals surface area contributed by atoms with Gasteiger partial charge in [0.05, 0.1) is 28.5 Å².